The van der Waals surface area contributed by atoms with Crippen molar-refractivity contribution in [1.82, 2.24) is 19.4 Å². The van der Waals surface area contributed by atoms with Gasteiger partial charge in [0.15, 0.2) is 5.15 Å². The molecule has 0 bridgehead atoms. The van der Waals surface area contributed by atoms with Crippen LogP contribution >= 0.6 is 23.2 Å². The third-order valence-corrected chi connectivity index (χ3v) is 4.89. The number of pyridine rings is 1. The number of imidazole rings is 1. The number of halogens is 2. The molecule has 112 valence electrons. The SMILES string of the molecule is Cn1c(N2CCN(C3CC3)CC2)nc2c(Cl)nc(Cl)cc21. The van der Waals surface area contributed by atoms with Crippen LogP contribution in [0.15, 0.2) is 6.07 Å². The van der Waals surface area contributed by atoms with Crippen LogP contribution in [0.1, 0.15) is 12.8 Å². The molecule has 1 aliphatic heterocycles. The molecule has 7 heteroatoms. The van der Waals surface area contributed by atoms with Crippen molar-refractivity contribution in [3.05, 3.63) is 16.4 Å². The molecule has 1 saturated carbocycles. The second-order valence-electron chi connectivity index (χ2n) is 5.83. The Morgan fingerprint density at radius 3 is 2.48 bits per heavy atom. The van der Waals surface area contributed by atoms with Crippen molar-refractivity contribution >= 4 is 40.2 Å². The zero-order valence-electron chi connectivity index (χ0n) is 11.9. The summed E-state index contributed by atoms with van der Waals surface area (Å²) in [5, 5.41) is 0.775. The molecule has 3 heterocycles. The molecular formula is C14H17Cl2N5. The maximum absolute atomic E-state index is 6.16. The maximum Gasteiger partial charge on any atom is 0.206 e. The second-order valence-corrected chi connectivity index (χ2v) is 6.57. The first-order valence-corrected chi connectivity index (χ1v) is 8.06. The fraction of sp³-hybridized carbons (Fsp3) is 0.571. The van der Waals surface area contributed by atoms with Crippen molar-refractivity contribution in [1.29, 1.82) is 0 Å². The fourth-order valence-electron chi connectivity index (χ4n) is 3.12. The lowest BCUT2D eigenvalue weighted by molar-refractivity contribution is 0.246. The molecule has 0 N–H and O–H groups in total. The summed E-state index contributed by atoms with van der Waals surface area (Å²) in [6.45, 7) is 4.24. The first-order chi connectivity index (χ1) is 10.1. The van der Waals surface area contributed by atoms with Gasteiger partial charge in [0.1, 0.15) is 10.7 Å². The Morgan fingerprint density at radius 2 is 1.81 bits per heavy atom. The number of hydrogen-bond acceptors (Lipinski definition) is 4. The molecule has 2 fully saturated rings. The van der Waals surface area contributed by atoms with Gasteiger partial charge in [0, 0.05) is 45.3 Å². The molecule has 0 unspecified atom stereocenters. The molecule has 0 radical (unpaired) electrons. The summed E-state index contributed by atoms with van der Waals surface area (Å²) in [5.74, 6) is 0.950. The lowest BCUT2D eigenvalue weighted by Crippen LogP contribution is -2.48. The average molecular weight is 326 g/mol. The van der Waals surface area contributed by atoms with Gasteiger partial charge < -0.3 is 9.47 Å². The molecule has 4 rings (SSSR count). The topological polar surface area (TPSA) is 37.2 Å². The van der Waals surface area contributed by atoms with Crippen LogP contribution in [0.25, 0.3) is 11.0 Å². The molecule has 1 saturated heterocycles. The molecular weight excluding hydrogens is 309 g/mol. The van der Waals surface area contributed by atoms with Gasteiger partial charge in [-0.3, -0.25) is 4.90 Å². The minimum Gasteiger partial charge on any atom is -0.340 e. The largest absolute Gasteiger partial charge is 0.340 e. The molecule has 0 atom stereocenters. The average Bonchev–Trinajstić information content (AvgIpc) is 3.26. The number of piperazine rings is 1. The second kappa shape index (κ2) is 5.00. The Bertz CT molecular complexity index is 686. The van der Waals surface area contributed by atoms with Gasteiger partial charge in [-0.05, 0) is 12.8 Å². The third-order valence-electron chi connectivity index (χ3n) is 4.43. The van der Waals surface area contributed by atoms with Crippen LogP contribution in [0, 0.1) is 0 Å². The Hall–Kier alpha value is -1.04. The highest BCUT2D eigenvalue weighted by molar-refractivity contribution is 6.36. The van der Waals surface area contributed by atoms with Gasteiger partial charge in [0.2, 0.25) is 5.95 Å². The van der Waals surface area contributed by atoms with Crippen molar-refractivity contribution in [2.75, 3.05) is 31.1 Å². The molecule has 0 spiro atoms. The van der Waals surface area contributed by atoms with Crippen LogP contribution in [0.5, 0.6) is 0 Å². The first kappa shape index (κ1) is 13.6. The molecule has 1 aliphatic carbocycles. The highest BCUT2D eigenvalue weighted by Crippen LogP contribution is 2.31. The summed E-state index contributed by atoms with van der Waals surface area (Å²) in [4.78, 5) is 13.7. The van der Waals surface area contributed by atoms with Crippen molar-refractivity contribution in [2.24, 2.45) is 7.05 Å². The van der Waals surface area contributed by atoms with Crippen LogP contribution < -0.4 is 4.90 Å². The standard InChI is InChI=1S/C14H17Cl2N5/c1-19-10-8-11(15)17-13(16)12(10)18-14(19)21-6-4-20(5-7-21)9-2-3-9/h8-9H,2-7H2,1H3. The Kier molecular flexibility index (Phi) is 3.24. The van der Waals surface area contributed by atoms with Gasteiger partial charge in [0.25, 0.3) is 0 Å². The zero-order valence-corrected chi connectivity index (χ0v) is 13.4. The van der Waals surface area contributed by atoms with Gasteiger partial charge in [-0.2, -0.15) is 0 Å². The maximum atomic E-state index is 6.16. The van der Waals surface area contributed by atoms with Crippen molar-refractivity contribution in [3.8, 4) is 0 Å². The first-order valence-electron chi connectivity index (χ1n) is 7.31. The Balaban J connectivity index is 1.64. The van der Waals surface area contributed by atoms with E-state index in [2.05, 4.69) is 24.3 Å². The van der Waals surface area contributed by atoms with Crippen molar-refractivity contribution in [2.45, 2.75) is 18.9 Å². The lowest BCUT2D eigenvalue weighted by atomic mass is 10.3. The van der Waals surface area contributed by atoms with Crippen LogP contribution in [0.4, 0.5) is 5.95 Å². The third kappa shape index (κ3) is 2.37. The summed E-state index contributed by atoms with van der Waals surface area (Å²) in [6.07, 6.45) is 2.73. The van der Waals surface area contributed by atoms with Gasteiger partial charge in [0.05, 0.1) is 5.52 Å². The number of nitrogens with zero attached hydrogens (tertiary/aromatic N) is 5. The molecule has 21 heavy (non-hydrogen) atoms. The highest BCUT2D eigenvalue weighted by Gasteiger charge is 2.32. The monoisotopic (exact) mass is 325 g/mol. The van der Waals surface area contributed by atoms with Crippen LogP contribution in [0.3, 0.4) is 0 Å². The Labute approximate surface area is 133 Å². The molecule has 0 aromatic carbocycles. The summed E-state index contributed by atoms with van der Waals surface area (Å²) >= 11 is 12.2. The number of anilines is 1. The summed E-state index contributed by atoms with van der Waals surface area (Å²) in [5.41, 5.74) is 1.66. The van der Waals surface area contributed by atoms with Gasteiger partial charge in [-0.25, -0.2) is 9.97 Å². The van der Waals surface area contributed by atoms with Crippen molar-refractivity contribution in [3.63, 3.8) is 0 Å². The van der Waals surface area contributed by atoms with Crippen molar-refractivity contribution < 1.29 is 0 Å². The quantitative estimate of drug-likeness (QED) is 0.795. The number of hydrogen-bond donors (Lipinski definition) is 0. The molecule has 2 aromatic heterocycles. The van der Waals surface area contributed by atoms with E-state index in [1.807, 2.05) is 13.1 Å². The fourth-order valence-corrected chi connectivity index (χ4v) is 3.58. The van der Waals surface area contributed by atoms with Gasteiger partial charge in [-0.1, -0.05) is 23.2 Å². The summed E-state index contributed by atoms with van der Waals surface area (Å²) in [6, 6.07) is 2.66. The van der Waals surface area contributed by atoms with E-state index < -0.39 is 0 Å². The molecule has 0 amide bonds. The normalized spacial score (nSPS) is 20.4. The number of aromatic nitrogens is 3. The van der Waals surface area contributed by atoms with Crippen LogP contribution in [-0.4, -0.2) is 51.7 Å². The summed E-state index contributed by atoms with van der Waals surface area (Å²) in [7, 11) is 2.00. The molecule has 2 aromatic rings. The zero-order chi connectivity index (χ0) is 14.6. The molecule has 2 aliphatic rings. The summed E-state index contributed by atoms with van der Waals surface area (Å²) < 4.78 is 2.06. The van der Waals surface area contributed by atoms with E-state index in [9.17, 15) is 0 Å². The van der Waals surface area contributed by atoms with E-state index in [1.54, 1.807) is 0 Å². The van der Waals surface area contributed by atoms with Crippen LogP contribution in [-0.2, 0) is 7.05 Å². The van der Waals surface area contributed by atoms with E-state index in [4.69, 9.17) is 23.2 Å². The van der Waals surface area contributed by atoms with E-state index in [1.165, 1.54) is 12.8 Å². The number of aryl methyl sites for hydroxylation is 1. The van der Waals surface area contributed by atoms with E-state index >= 15 is 0 Å². The van der Waals surface area contributed by atoms with Gasteiger partial charge >= 0.3 is 0 Å². The van der Waals surface area contributed by atoms with E-state index in [-0.39, 0.29) is 0 Å². The highest BCUT2D eigenvalue weighted by atomic mass is 35.5. The Morgan fingerprint density at radius 1 is 1.10 bits per heavy atom. The minimum absolute atomic E-state index is 0.371. The smallest absolute Gasteiger partial charge is 0.206 e. The lowest BCUT2D eigenvalue weighted by Gasteiger charge is -2.35. The predicted octanol–water partition coefficient (Wildman–Crippen LogP) is 2.56. The van der Waals surface area contributed by atoms with E-state index in [0.717, 1.165) is 49.2 Å². The van der Waals surface area contributed by atoms with E-state index in [0.29, 0.717) is 10.3 Å². The number of fused-ring (bicyclic) bond motifs is 1. The molecule has 5 nitrogen and oxygen atoms in total. The minimum atomic E-state index is 0.371. The van der Waals surface area contributed by atoms with Gasteiger partial charge in [-0.15, -0.1) is 0 Å². The number of rotatable bonds is 2. The van der Waals surface area contributed by atoms with Crippen LogP contribution in [0.2, 0.25) is 10.3 Å². The predicted molar refractivity (Wildman–Crippen MR) is 85.3 cm³/mol.